The van der Waals surface area contributed by atoms with Crippen LogP contribution in [0, 0.1) is 22.5 Å². The van der Waals surface area contributed by atoms with Gasteiger partial charge in [-0.2, -0.15) is 0 Å². The summed E-state index contributed by atoms with van der Waals surface area (Å²) in [5.41, 5.74) is 0.721. The Bertz CT molecular complexity index is 1650. The average Bonchev–Trinajstić information content (AvgIpc) is 2.93. The van der Waals surface area contributed by atoms with Gasteiger partial charge in [-0.3, -0.25) is 14.9 Å². The molecule has 196 valence electrons. The number of urea groups is 1. The molecule has 11 nitrogen and oxygen atoms in total. The summed E-state index contributed by atoms with van der Waals surface area (Å²) in [4.78, 5) is 45.4. The standard InChI is InChI=1S/C26H19FN6O5S/c1-28-23-22(16-4-3-5-19(12-16)38-2)31-26(32-24(23)34)39-14-15-6-8-17(9-7-15)29-25(35)30-21-13-18(33(36)37)10-11-20(21)27/h3-13H,14H2,2H3,(H2,29,30,35)(H,31,32,34). The third kappa shape index (κ3) is 6.56. The predicted molar refractivity (Wildman–Crippen MR) is 145 cm³/mol. The molecule has 2 amide bonds. The highest BCUT2D eigenvalue weighted by atomic mass is 32.2. The number of non-ortho nitro benzene ring substituents is 1. The summed E-state index contributed by atoms with van der Waals surface area (Å²) < 4.78 is 19.1. The Morgan fingerprint density at radius 1 is 1.18 bits per heavy atom. The van der Waals surface area contributed by atoms with Gasteiger partial charge < -0.3 is 20.4 Å². The number of hydrogen-bond donors (Lipinski definition) is 3. The fraction of sp³-hybridized carbons (Fsp3) is 0.0769. The monoisotopic (exact) mass is 546 g/mol. The number of anilines is 2. The maximum Gasteiger partial charge on any atom is 0.323 e. The number of aromatic amines is 1. The van der Waals surface area contributed by atoms with Gasteiger partial charge in [-0.25, -0.2) is 19.0 Å². The summed E-state index contributed by atoms with van der Waals surface area (Å²) in [5.74, 6) is 0.175. The lowest BCUT2D eigenvalue weighted by Gasteiger charge is -2.10. The minimum Gasteiger partial charge on any atom is -0.497 e. The van der Waals surface area contributed by atoms with Crippen molar-refractivity contribution in [1.29, 1.82) is 0 Å². The lowest BCUT2D eigenvalue weighted by molar-refractivity contribution is -0.384. The van der Waals surface area contributed by atoms with Crippen molar-refractivity contribution in [1.82, 2.24) is 9.97 Å². The van der Waals surface area contributed by atoms with Gasteiger partial charge in [0.15, 0.2) is 5.16 Å². The molecule has 0 bridgehead atoms. The molecule has 0 saturated heterocycles. The van der Waals surface area contributed by atoms with Crippen molar-refractivity contribution in [3.63, 3.8) is 0 Å². The maximum absolute atomic E-state index is 13.9. The van der Waals surface area contributed by atoms with E-state index in [1.165, 1.54) is 18.9 Å². The van der Waals surface area contributed by atoms with Crippen LogP contribution in [0.15, 0.2) is 76.7 Å². The summed E-state index contributed by atoms with van der Waals surface area (Å²) >= 11 is 1.26. The summed E-state index contributed by atoms with van der Waals surface area (Å²) in [6.07, 6.45) is 0. The van der Waals surface area contributed by atoms with Gasteiger partial charge in [-0.05, 0) is 41.5 Å². The Morgan fingerprint density at radius 3 is 2.64 bits per heavy atom. The van der Waals surface area contributed by atoms with E-state index < -0.39 is 22.3 Å². The van der Waals surface area contributed by atoms with Gasteiger partial charge in [0.05, 0.1) is 30.0 Å². The molecule has 0 aliphatic heterocycles. The van der Waals surface area contributed by atoms with Gasteiger partial charge in [0, 0.05) is 23.6 Å². The number of halogens is 1. The first-order valence-corrected chi connectivity index (χ1v) is 12.2. The van der Waals surface area contributed by atoms with E-state index in [0.29, 0.717) is 27.9 Å². The number of nitrogens with one attached hydrogen (secondary N) is 3. The van der Waals surface area contributed by atoms with Crippen LogP contribution in [0.5, 0.6) is 5.75 Å². The summed E-state index contributed by atoms with van der Waals surface area (Å²) in [6.45, 7) is 7.40. The minimum atomic E-state index is -0.811. The third-order valence-corrected chi connectivity index (χ3v) is 6.27. The van der Waals surface area contributed by atoms with Crippen molar-refractivity contribution in [2.24, 2.45) is 0 Å². The Balaban J connectivity index is 1.42. The van der Waals surface area contributed by atoms with E-state index in [2.05, 4.69) is 25.4 Å². The van der Waals surface area contributed by atoms with Gasteiger partial charge in [-0.15, -0.1) is 0 Å². The highest BCUT2D eigenvalue weighted by Crippen LogP contribution is 2.30. The lowest BCUT2D eigenvalue weighted by Crippen LogP contribution is -2.20. The van der Waals surface area contributed by atoms with Crippen LogP contribution in [0.3, 0.4) is 0 Å². The van der Waals surface area contributed by atoms with Crippen LogP contribution in [0.2, 0.25) is 0 Å². The van der Waals surface area contributed by atoms with E-state index in [1.807, 2.05) is 0 Å². The van der Waals surface area contributed by atoms with Crippen LogP contribution in [-0.4, -0.2) is 28.0 Å². The van der Waals surface area contributed by atoms with Gasteiger partial charge in [0.25, 0.3) is 16.9 Å². The molecular formula is C26H19FN6O5S. The molecule has 1 heterocycles. The van der Waals surface area contributed by atoms with E-state index >= 15 is 0 Å². The number of amides is 2. The maximum atomic E-state index is 13.9. The summed E-state index contributed by atoms with van der Waals surface area (Å²) in [5, 5.41) is 16.0. The van der Waals surface area contributed by atoms with Crippen molar-refractivity contribution in [3.8, 4) is 17.0 Å². The number of carbonyl (C=O) groups excluding carboxylic acids is 1. The number of ether oxygens (including phenoxy) is 1. The Labute approximate surface area is 225 Å². The molecule has 4 rings (SSSR count). The normalized spacial score (nSPS) is 10.4. The Morgan fingerprint density at radius 2 is 1.95 bits per heavy atom. The number of rotatable bonds is 8. The number of thioether (sulfide) groups is 1. The largest absolute Gasteiger partial charge is 0.497 e. The van der Waals surface area contributed by atoms with Crippen LogP contribution < -0.4 is 20.9 Å². The van der Waals surface area contributed by atoms with Crippen molar-refractivity contribution in [2.45, 2.75) is 10.9 Å². The zero-order valence-electron chi connectivity index (χ0n) is 20.2. The zero-order valence-corrected chi connectivity index (χ0v) is 21.0. The highest BCUT2D eigenvalue weighted by Gasteiger charge is 2.16. The van der Waals surface area contributed by atoms with E-state index in [4.69, 9.17) is 11.3 Å². The van der Waals surface area contributed by atoms with E-state index in [0.717, 1.165) is 23.8 Å². The van der Waals surface area contributed by atoms with E-state index in [1.54, 1.807) is 48.5 Å². The number of nitrogens with zero attached hydrogens (tertiary/aromatic N) is 3. The molecule has 4 aromatic rings. The van der Waals surface area contributed by atoms with Gasteiger partial charge in [0.1, 0.15) is 11.6 Å². The second kappa shape index (κ2) is 11.9. The van der Waals surface area contributed by atoms with Crippen LogP contribution in [0.25, 0.3) is 16.1 Å². The predicted octanol–water partition coefficient (Wildman–Crippen LogP) is 5.98. The van der Waals surface area contributed by atoms with Crippen LogP contribution in [-0.2, 0) is 5.75 Å². The highest BCUT2D eigenvalue weighted by molar-refractivity contribution is 7.98. The average molecular weight is 547 g/mol. The van der Waals surface area contributed by atoms with Gasteiger partial charge in [-0.1, -0.05) is 36.0 Å². The minimum absolute atomic E-state index is 0.119. The number of methoxy groups -OCH3 is 1. The van der Waals surface area contributed by atoms with Crippen LogP contribution >= 0.6 is 11.8 Å². The SMILES string of the molecule is [C-]#[N+]c1c(-c2cccc(OC)c2)nc(SCc2ccc(NC(=O)Nc3cc([N+](=O)[O-])ccc3F)cc2)[nH]c1=O. The molecule has 0 saturated carbocycles. The van der Waals surface area contributed by atoms with Crippen molar-refractivity contribution < 1.29 is 18.8 Å². The zero-order chi connectivity index (χ0) is 27.9. The van der Waals surface area contributed by atoms with Crippen molar-refractivity contribution in [3.05, 3.63) is 110 Å². The van der Waals surface area contributed by atoms with Crippen LogP contribution in [0.4, 0.5) is 31.9 Å². The van der Waals surface area contributed by atoms with Crippen molar-refractivity contribution >= 4 is 40.5 Å². The number of benzene rings is 3. The first kappa shape index (κ1) is 26.8. The summed E-state index contributed by atoms with van der Waals surface area (Å²) in [6, 6.07) is 15.7. The first-order chi connectivity index (χ1) is 18.8. The second-order valence-corrected chi connectivity index (χ2v) is 8.86. The number of nitro groups is 1. The number of H-pyrrole nitrogens is 1. The summed E-state index contributed by atoms with van der Waals surface area (Å²) in [7, 11) is 1.52. The molecule has 0 aliphatic rings. The molecule has 0 spiro atoms. The van der Waals surface area contributed by atoms with Gasteiger partial charge in [0.2, 0.25) is 0 Å². The number of aromatic nitrogens is 2. The van der Waals surface area contributed by atoms with E-state index in [9.17, 15) is 24.1 Å². The smallest absolute Gasteiger partial charge is 0.323 e. The van der Waals surface area contributed by atoms with Gasteiger partial charge >= 0.3 is 6.03 Å². The number of carbonyl (C=O) groups is 1. The van der Waals surface area contributed by atoms with Crippen molar-refractivity contribution in [2.75, 3.05) is 17.7 Å². The molecule has 0 aliphatic carbocycles. The molecule has 0 fully saturated rings. The lowest BCUT2D eigenvalue weighted by atomic mass is 10.1. The molecular weight excluding hydrogens is 527 g/mol. The first-order valence-electron chi connectivity index (χ1n) is 11.2. The Hall–Kier alpha value is -5.22. The molecule has 0 unspecified atom stereocenters. The Kier molecular flexibility index (Phi) is 8.18. The topological polar surface area (TPSA) is 144 Å². The van der Waals surface area contributed by atoms with Crippen LogP contribution in [0.1, 0.15) is 5.56 Å². The fourth-order valence-corrected chi connectivity index (χ4v) is 4.25. The molecule has 39 heavy (non-hydrogen) atoms. The molecule has 0 radical (unpaired) electrons. The number of nitro benzene ring substituents is 1. The third-order valence-electron chi connectivity index (χ3n) is 5.32. The molecule has 1 aromatic heterocycles. The fourth-order valence-electron chi connectivity index (χ4n) is 3.43. The molecule has 13 heteroatoms. The molecule has 0 atom stereocenters. The molecule has 3 aromatic carbocycles. The van der Waals surface area contributed by atoms with E-state index in [-0.39, 0.29) is 22.8 Å². The number of hydrogen-bond acceptors (Lipinski definition) is 7. The second-order valence-electron chi connectivity index (χ2n) is 7.90. The molecule has 3 N–H and O–H groups in total. The quantitative estimate of drug-likeness (QED) is 0.0811.